The highest BCUT2D eigenvalue weighted by Gasteiger charge is 2.43. The van der Waals surface area contributed by atoms with Crippen LogP contribution in [0.2, 0.25) is 0 Å². The number of benzene rings is 1. The van der Waals surface area contributed by atoms with E-state index in [0.717, 1.165) is 25.0 Å². The van der Waals surface area contributed by atoms with Gasteiger partial charge in [-0.2, -0.15) is 5.10 Å². The van der Waals surface area contributed by atoms with Gasteiger partial charge in [0.2, 0.25) is 5.91 Å². The Hall–Kier alpha value is -1.64. The second-order valence-electron chi connectivity index (χ2n) is 5.57. The molecule has 0 radical (unpaired) electrons. The first-order chi connectivity index (χ1) is 9.34. The van der Waals surface area contributed by atoms with Gasteiger partial charge in [-0.05, 0) is 43.6 Å². The van der Waals surface area contributed by atoms with Crippen molar-refractivity contribution < 1.29 is 4.79 Å². The van der Waals surface area contributed by atoms with Gasteiger partial charge in [0, 0.05) is 11.6 Å². The Morgan fingerprint density at radius 3 is 2.58 bits per heavy atom. The summed E-state index contributed by atoms with van der Waals surface area (Å²) in [6.45, 7) is 0. The lowest BCUT2D eigenvalue weighted by molar-refractivity contribution is -0.122. The minimum Gasteiger partial charge on any atom is -0.273 e. The Morgan fingerprint density at radius 2 is 1.84 bits per heavy atom. The molecule has 1 aromatic carbocycles. The number of carbonyl (C=O) groups excluding carboxylic acids is 1. The first-order valence-electron chi connectivity index (χ1n) is 7.25. The zero-order valence-electron chi connectivity index (χ0n) is 11.1. The summed E-state index contributed by atoms with van der Waals surface area (Å²) in [4.78, 5) is 12.0. The van der Waals surface area contributed by atoms with Crippen molar-refractivity contribution in [2.24, 2.45) is 11.0 Å². The van der Waals surface area contributed by atoms with Gasteiger partial charge < -0.3 is 0 Å². The third kappa shape index (κ3) is 3.03. The zero-order valence-corrected chi connectivity index (χ0v) is 11.1. The molecular formula is C16H20N2O. The van der Waals surface area contributed by atoms with Crippen molar-refractivity contribution in [3.05, 3.63) is 35.9 Å². The van der Waals surface area contributed by atoms with Crippen molar-refractivity contribution >= 4 is 11.6 Å². The van der Waals surface area contributed by atoms with Crippen LogP contribution in [0, 0.1) is 5.92 Å². The second kappa shape index (κ2) is 5.55. The Kier molecular flexibility index (Phi) is 3.62. The fourth-order valence-corrected chi connectivity index (χ4v) is 2.84. The molecule has 19 heavy (non-hydrogen) atoms. The monoisotopic (exact) mass is 256 g/mol. The molecule has 1 N–H and O–H groups in total. The van der Waals surface area contributed by atoms with Gasteiger partial charge in [0.05, 0.1) is 0 Å². The molecule has 100 valence electrons. The van der Waals surface area contributed by atoms with Gasteiger partial charge in [0.15, 0.2) is 0 Å². The molecule has 0 unspecified atom stereocenters. The number of hydrogen-bond acceptors (Lipinski definition) is 2. The third-order valence-corrected chi connectivity index (χ3v) is 4.11. The standard InChI is InChI=1S/C16H20N2O/c19-16(18-17-13-9-5-2-6-10-13)15-11-14(15)12-7-3-1-4-8-12/h1,3-4,7-8,14-15H,2,5-6,9-11H2,(H,18,19)/t14-,15+/m0/s1. The van der Waals surface area contributed by atoms with E-state index in [1.807, 2.05) is 18.2 Å². The molecule has 1 amide bonds. The van der Waals surface area contributed by atoms with Crippen LogP contribution >= 0.6 is 0 Å². The van der Waals surface area contributed by atoms with Crippen LogP contribution in [0.5, 0.6) is 0 Å². The van der Waals surface area contributed by atoms with Crippen molar-refractivity contribution in [2.75, 3.05) is 0 Å². The molecule has 0 saturated heterocycles. The molecule has 2 atom stereocenters. The lowest BCUT2D eigenvalue weighted by atomic mass is 9.99. The summed E-state index contributed by atoms with van der Waals surface area (Å²) < 4.78 is 0. The predicted molar refractivity (Wildman–Crippen MR) is 76.0 cm³/mol. The fourth-order valence-electron chi connectivity index (χ4n) is 2.84. The number of carbonyl (C=O) groups is 1. The fraction of sp³-hybridized carbons (Fsp3) is 0.500. The molecule has 0 spiro atoms. The summed E-state index contributed by atoms with van der Waals surface area (Å²) >= 11 is 0. The van der Waals surface area contributed by atoms with Gasteiger partial charge in [-0.3, -0.25) is 4.79 Å². The molecule has 0 aromatic heterocycles. The van der Waals surface area contributed by atoms with Gasteiger partial charge in [0.1, 0.15) is 0 Å². The number of hydrazone groups is 1. The molecule has 3 nitrogen and oxygen atoms in total. The lowest BCUT2D eigenvalue weighted by Gasteiger charge is -2.11. The van der Waals surface area contributed by atoms with E-state index < -0.39 is 0 Å². The van der Waals surface area contributed by atoms with Crippen LogP contribution in [0.3, 0.4) is 0 Å². The summed E-state index contributed by atoms with van der Waals surface area (Å²) in [6, 6.07) is 10.3. The van der Waals surface area contributed by atoms with Gasteiger partial charge in [-0.1, -0.05) is 36.8 Å². The maximum atomic E-state index is 12.0. The minimum absolute atomic E-state index is 0.0897. The summed E-state index contributed by atoms with van der Waals surface area (Å²) in [6.07, 6.45) is 6.78. The summed E-state index contributed by atoms with van der Waals surface area (Å²) in [7, 11) is 0. The van der Waals surface area contributed by atoms with Gasteiger partial charge >= 0.3 is 0 Å². The van der Waals surface area contributed by atoms with E-state index in [9.17, 15) is 4.79 Å². The van der Waals surface area contributed by atoms with Crippen molar-refractivity contribution in [1.82, 2.24) is 5.43 Å². The average molecular weight is 256 g/mol. The van der Waals surface area contributed by atoms with Crippen molar-refractivity contribution in [3.63, 3.8) is 0 Å². The molecular weight excluding hydrogens is 236 g/mol. The van der Waals surface area contributed by atoms with E-state index in [-0.39, 0.29) is 11.8 Å². The molecule has 0 heterocycles. The van der Waals surface area contributed by atoms with Crippen LogP contribution in [-0.2, 0) is 4.79 Å². The minimum atomic E-state index is 0.0897. The van der Waals surface area contributed by atoms with Gasteiger partial charge in [0.25, 0.3) is 0 Å². The Balaban J connectivity index is 1.52. The SMILES string of the molecule is O=C(NN=C1CCCCC1)[C@@H]1C[C@H]1c1ccccc1. The van der Waals surface area contributed by atoms with Crippen molar-refractivity contribution in [3.8, 4) is 0 Å². The van der Waals surface area contributed by atoms with E-state index in [1.165, 1.54) is 24.8 Å². The number of amides is 1. The average Bonchev–Trinajstić information content (AvgIpc) is 3.27. The van der Waals surface area contributed by atoms with Crippen molar-refractivity contribution in [2.45, 2.75) is 44.4 Å². The largest absolute Gasteiger partial charge is 0.273 e. The summed E-state index contributed by atoms with van der Waals surface area (Å²) in [5.74, 6) is 0.607. The highest BCUT2D eigenvalue weighted by molar-refractivity contribution is 5.88. The molecule has 2 aliphatic carbocycles. The molecule has 2 aliphatic rings. The van der Waals surface area contributed by atoms with Crippen LogP contribution in [0.25, 0.3) is 0 Å². The number of hydrogen-bond donors (Lipinski definition) is 1. The van der Waals surface area contributed by atoms with Crippen molar-refractivity contribution in [1.29, 1.82) is 0 Å². The van der Waals surface area contributed by atoms with Crippen LogP contribution in [-0.4, -0.2) is 11.6 Å². The highest BCUT2D eigenvalue weighted by Crippen LogP contribution is 2.47. The van der Waals surface area contributed by atoms with E-state index in [0.29, 0.717) is 5.92 Å². The number of nitrogens with zero attached hydrogens (tertiary/aromatic N) is 1. The molecule has 1 aromatic rings. The predicted octanol–water partition coefficient (Wildman–Crippen LogP) is 3.23. The maximum Gasteiger partial charge on any atom is 0.243 e. The normalized spacial score (nSPS) is 25.8. The molecule has 2 saturated carbocycles. The summed E-state index contributed by atoms with van der Waals surface area (Å²) in [5.41, 5.74) is 5.20. The van der Waals surface area contributed by atoms with E-state index in [4.69, 9.17) is 0 Å². The van der Waals surface area contributed by atoms with Crippen LogP contribution in [0.1, 0.15) is 50.0 Å². The topological polar surface area (TPSA) is 41.5 Å². The molecule has 3 heteroatoms. The molecule has 0 bridgehead atoms. The van der Waals surface area contributed by atoms with Crippen LogP contribution < -0.4 is 5.43 Å². The van der Waals surface area contributed by atoms with E-state index >= 15 is 0 Å². The third-order valence-electron chi connectivity index (χ3n) is 4.11. The zero-order chi connectivity index (χ0) is 13.1. The number of nitrogens with one attached hydrogen (secondary N) is 1. The molecule has 3 rings (SSSR count). The maximum absolute atomic E-state index is 12.0. The highest BCUT2D eigenvalue weighted by atomic mass is 16.2. The van der Waals surface area contributed by atoms with Gasteiger partial charge in [-0.15, -0.1) is 0 Å². The molecule has 0 aliphatic heterocycles. The van der Waals surface area contributed by atoms with Crippen LogP contribution in [0.15, 0.2) is 35.4 Å². The molecule has 2 fully saturated rings. The Bertz CT molecular complexity index is 473. The first-order valence-corrected chi connectivity index (χ1v) is 7.25. The Labute approximate surface area is 114 Å². The summed E-state index contributed by atoms with van der Waals surface area (Å²) in [5, 5.41) is 4.29. The lowest BCUT2D eigenvalue weighted by Crippen LogP contribution is -2.22. The smallest absolute Gasteiger partial charge is 0.243 e. The second-order valence-corrected chi connectivity index (χ2v) is 5.57. The van der Waals surface area contributed by atoms with Gasteiger partial charge in [-0.25, -0.2) is 5.43 Å². The number of rotatable bonds is 3. The quantitative estimate of drug-likeness (QED) is 0.829. The first kappa shape index (κ1) is 12.4. The van der Waals surface area contributed by atoms with Crippen LogP contribution in [0.4, 0.5) is 0 Å². The van der Waals surface area contributed by atoms with E-state index in [1.54, 1.807) is 0 Å². The van der Waals surface area contributed by atoms with E-state index in [2.05, 4.69) is 22.7 Å². The Morgan fingerprint density at radius 1 is 1.11 bits per heavy atom.